The minimum Gasteiger partial charge on any atom is -0.148 e. The lowest BCUT2D eigenvalue weighted by Crippen LogP contribution is -2.18. The van der Waals surface area contributed by atoms with Gasteiger partial charge in [0.15, 0.2) is 0 Å². The Morgan fingerprint density at radius 3 is 1.50 bits per heavy atom. The van der Waals surface area contributed by atoms with Crippen LogP contribution in [0.5, 0.6) is 0 Å². The van der Waals surface area contributed by atoms with Crippen LogP contribution < -0.4 is 0 Å². The third-order valence-corrected chi connectivity index (χ3v) is 5.43. The van der Waals surface area contributed by atoms with E-state index in [1.165, 1.54) is 24.3 Å². The second-order valence-corrected chi connectivity index (χ2v) is 6.32. The average Bonchev–Trinajstić information content (AvgIpc) is 2.75. The molecule has 0 amide bonds. The molecule has 1 aliphatic carbocycles. The SMILES string of the molecule is C1=CC2(CCC13CS3)CS2. The largest absolute Gasteiger partial charge is 0.148 e. The van der Waals surface area contributed by atoms with Crippen molar-refractivity contribution in [2.75, 3.05) is 11.5 Å². The second kappa shape index (κ2) is 1.61. The summed E-state index contributed by atoms with van der Waals surface area (Å²) in [7, 11) is 0. The van der Waals surface area contributed by atoms with Crippen LogP contribution >= 0.6 is 23.5 Å². The van der Waals surface area contributed by atoms with E-state index in [1.807, 2.05) is 0 Å². The van der Waals surface area contributed by atoms with E-state index in [2.05, 4.69) is 35.7 Å². The molecule has 0 nitrogen and oxygen atoms in total. The highest BCUT2D eigenvalue weighted by Gasteiger charge is 2.51. The molecule has 0 aromatic carbocycles. The molecule has 2 unspecified atom stereocenters. The van der Waals surface area contributed by atoms with E-state index in [1.54, 1.807) is 0 Å². The third kappa shape index (κ3) is 0.782. The first-order valence-corrected chi connectivity index (χ1v) is 5.78. The van der Waals surface area contributed by atoms with Gasteiger partial charge in [-0.1, -0.05) is 12.2 Å². The van der Waals surface area contributed by atoms with Crippen LogP contribution in [0, 0.1) is 0 Å². The summed E-state index contributed by atoms with van der Waals surface area (Å²) < 4.78 is 1.29. The predicted molar refractivity (Wildman–Crippen MR) is 48.8 cm³/mol. The van der Waals surface area contributed by atoms with Crippen LogP contribution in [-0.2, 0) is 0 Å². The topological polar surface area (TPSA) is 0 Å². The first kappa shape index (κ1) is 6.01. The van der Waals surface area contributed by atoms with Gasteiger partial charge in [0.25, 0.3) is 0 Å². The van der Waals surface area contributed by atoms with Crippen LogP contribution in [0.1, 0.15) is 12.8 Å². The Bertz CT molecular complexity index is 177. The van der Waals surface area contributed by atoms with Gasteiger partial charge in [0, 0.05) is 21.0 Å². The molecule has 3 rings (SSSR count). The maximum Gasteiger partial charge on any atom is 0.0431 e. The lowest BCUT2D eigenvalue weighted by molar-refractivity contribution is 0.624. The maximum absolute atomic E-state index is 2.47. The molecule has 2 fully saturated rings. The Kier molecular flexibility index (Phi) is 0.968. The van der Waals surface area contributed by atoms with Gasteiger partial charge in [-0.2, -0.15) is 0 Å². The van der Waals surface area contributed by atoms with Gasteiger partial charge in [0.05, 0.1) is 0 Å². The monoisotopic (exact) mass is 170 g/mol. The number of thioether (sulfide) groups is 2. The minimum absolute atomic E-state index is 0.647. The summed E-state index contributed by atoms with van der Waals surface area (Å²) in [6.07, 6.45) is 7.84. The summed E-state index contributed by atoms with van der Waals surface area (Å²) in [6.45, 7) is 0. The molecule has 54 valence electrons. The van der Waals surface area contributed by atoms with Crippen LogP contribution in [0.2, 0.25) is 0 Å². The lowest BCUT2D eigenvalue weighted by Gasteiger charge is -2.18. The summed E-state index contributed by atoms with van der Waals surface area (Å²) >= 11 is 4.25. The highest BCUT2D eigenvalue weighted by atomic mass is 32.2. The van der Waals surface area contributed by atoms with Crippen molar-refractivity contribution in [2.24, 2.45) is 0 Å². The van der Waals surface area contributed by atoms with Crippen molar-refractivity contribution in [1.29, 1.82) is 0 Å². The molecule has 2 heteroatoms. The molecule has 2 heterocycles. The normalized spacial score (nSPS) is 56.0. The van der Waals surface area contributed by atoms with Gasteiger partial charge in [-0.05, 0) is 12.8 Å². The van der Waals surface area contributed by atoms with Crippen molar-refractivity contribution in [1.82, 2.24) is 0 Å². The van der Waals surface area contributed by atoms with E-state index in [9.17, 15) is 0 Å². The Hall–Kier alpha value is 0.440. The van der Waals surface area contributed by atoms with Crippen molar-refractivity contribution in [3.8, 4) is 0 Å². The molecule has 0 saturated carbocycles. The van der Waals surface area contributed by atoms with E-state index >= 15 is 0 Å². The highest BCUT2D eigenvalue weighted by molar-refractivity contribution is 8.08. The molecule has 3 aliphatic rings. The quantitative estimate of drug-likeness (QED) is 0.404. The molecule has 0 radical (unpaired) electrons. The van der Waals surface area contributed by atoms with Crippen molar-refractivity contribution in [3.63, 3.8) is 0 Å². The number of hydrogen-bond acceptors (Lipinski definition) is 2. The van der Waals surface area contributed by atoms with Gasteiger partial charge >= 0.3 is 0 Å². The zero-order valence-electron chi connectivity index (χ0n) is 5.80. The van der Waals surface area contributed by atoms with Gasteiger partial charge in [0.2, 0.25) is 0 Å². The minimum atomic E-state index is 0.647. The third-order valence-electron chi connectivity index (χ3n) is 2.69. The van der Waals surface area contributed by atoms with Crippen molar-refractivity contribution >= 4 is 23.5 Å². The molecule has 0 aromatic rings. The Morgan fingerprint density at radius 2 is 1.30 bits per heavy atom. The van der Waals surface area contributed by atoms with Crippen molar-refractivity contribution in [3.05, 3.63) is 12.2 Å². The van der Waals surface area contributed by atoms with Gasteiger partial charge in [-0.3, -0.25) is 0 Å². The van der Waals surface area contributed by atoms with Gasteiger partial charge < -0.3 is 0 Å². The first-order valence-electron chi connectivity index (χ1n) is 3.81. The fourth-order valence-corrected chi connectivity index (χ4v) is 3.23. The predicted octanol–water partition coefficient (Wildman–Crippen LogP) is 2.31. The summed E-state index contributed by atoms with van der Waals surface area (Å²) in [6, 6.07) is 0. The fraction of sp³-hybridized carbons (Fsp3) is 0.750. The summed E-state index contributed by atoms with van der Waals surface area (Å²) in [5, 5.41) is 0. The van der Waals surface area contributed by atoms with Gasteiger partial charge in [-0.15, -0.1) is 23.5 Å². The van der Waals surface area contributed by atoms with E-state index in [4.69, 9.17) is 0 Å². The molecule has 2 saturated heterocycles. The molecule has 2 spiro atoms. The van der Waals surface area contributed by atoms with Crippen LogP contribution in [-0.4, -0.2) is 21.0 Å². The molecule has 0 aromatic heterocycles. The smallest absolute Gasteiger partial charge is 0.0431 e. The summed E-state index contributed by atoms with van der Waals surface area (Å²) in [4.78, 5) is 0. The molecule has 2 atom stereocenters. The lowest BCUT2D eigenvalue weighted by atomic mass is 9.91. The van der Waals surface area contributed by atoms with Crippen molar-refractivity contribution in [2.45, 2.75) is 22.3 Å². The average molecular weight is 170 g/mol. The van der Waals surface area contributed by atoms with E-state index in [-0.39, 0.29) is 0 Å². The van der Waals surface area contributed by atoms with Gasteiger partial charge in [-0.25, -0.2) is 0 Å². The Labute approximate surface area is 69.8 Å². The molecular formula is C8H10S2. The van der Waals surface area contributed by atoms with E-state index in [0.717, 1.165) is 0 Å². The summed E-state index contributed by atoms with van der Waals surface area (Å²) in [5.41, 5.74) is 0. The zero-order valence-corrected chi connectivity index (χ0v) is 7.43. The fourth-order valence-electron chi connectivity index (χ4n) is 1.56. The second-order valence-electron chi connectivity index (χ2n) is 3.54. The van der Waals surface area contributed by atoms with Gasteiger partial charge in [0.1, 0.15) is 0 Å². The van der Waals surface area contributed by atoms with Crippen LogP contribution in [0.15, 0.2) is 12.2 Å². The maximum atomic E-state index is 2.47. The number of hydrogen-bond donors (Lipinski definition) is 0. The zero-order chi connectivity index (χ0) is 6.66. The molecule has 2 aliphatic heterocycles. The van der Waals surface area contributed by atoms with Crippen LogP contribution in [0.3, 0.4) is 0 Å². The number of rotatable bonds is 0. The standard InChI is InChI=1S/C8H10S2/c1-2-8(6-10-8)4-3-7(1)5-9-7/h1-2H,3-6H2. The van der Waals surface area contributed by atoms with E-state index in [0.29, 0.717) is 9.49 Å². The Morgan fingerprint density at radius 1 is 0.900 bits per heavy atom. The van der Waals surface area contributed by atoms with E-state index < -0.39 is 0 Å². The molecule has 10 heavy (non-hydrogen) atoms. The first-order chi connectivity index (χ1) is 4.83. The highest BCUT2D eigenvalue weighted by Crippen LogP contribution is 2.60. The van der Waals surface area contributed by atoms with Crippen LogP contribution in [0.25, 0.3) is 0 Å². The molecule has 0 bridgehead atoms. The summed E-state index contributed by atoms with van der Waals surface area (Å²) in [5.74, 6) is 2.79. The van der Waals surface area contributed by atoms with Crippen molar-refractivity contribution < 1.29 is 0 Å². The molecule has 0 N–H and O–H groups in total. The van der Waals surface area contributed by atoms with Crippen LogP contribution in [0.4, 0.5) is 0 Å². The molecular weight excluding hydrogens is 160 g/mol. The Balaban J connectivity index is 1.88.